The van der Waals surface area contributed by atoms with Gasteiger partial charge >= 0.3 is 0 Å². The minimum absolute atomic E-state index is 0.477. The summed E-state index contributed by atoms with van der Waals surface area (Å²) < 4.78 is 0. The average molecular weight is 158 g/mol. The molecular weight excluding hydrogens is 140 g/mol. The molecule has 2 heteroatoms. The van der Waals surface area contributed by atoms with Crippen molar-refractivity contribution in [1.29, 1.82) is 0 Å². The van der Waals surface area contributed by atoms with E-state index in [9.17, 15) is 0 Å². The third-order valence-electron chi connectivity index (χ3n) is 1.87. The quantitative estimate of drug-likeness (QED) is 0.484. The maximum Gasteiger partial charge on any atom is 0.151 e. The van der Waals surface area contributed by atoms with Crippen LogP contribution in [0.15, 0.2) is 11.1 Å². The van der Waals surface area contributed by atoms with E-state index in [1.165, 1.54) is 11.1 Å². The maximum atomic E-state index is 8.54. The summed E-state index contributed by atoms with van der Waals surface area (Å²) in [5, 5.41) is 17.1. The molecule has 0 aromatic carbocycles. The highest BCUT2D eigenvalue weighted by atomic mass is 16.5. The Kier molecular flexibility index (Phi) is 5.16. The van der Waals surface area contributed by atoms with Gasteiger partial charge in [-0.1, -0.05) is 11.1 Å². The molecule has 0 aromatic rings. The van der Waals surface area contributed by atoms with Crippen LogP contribution in [0.2, 0.25) is 0 Å². The van der Waals surface area contributed by atoms with E-state index in [0.717, 1.165) is 12.8 Å². The smallest absolute Gasteiger partial charge is 0.151 e. The molecular formula is C9H18O2. The topological polar surface area (TPSA) is 40.5 Å². The molecule has 0 aliphatic heterocycles. The van der Waals surface area contributed by atoms with Crippen LogP contribution in [0.1, 0.15) is 40.0 Å². The fourth-order valence-electron chi connectivity index (χ4n) is 0.800. The van der Waals surface area contributed by atoms with Gasteiger partial charge in [0.15, 0.2) is 6.29 Å². The Morgan fingerprint density at radius 2 is 1.73 bits per heavy atom. The van der Waals surface area contributed by atoms with E-state index < -0.39 is 6.29 Å². The van der Waals surface area contributed by atoms with E-state index in [1.807, 2.05) is 0 Å². The minimum Gasteiger partial charge on any atom is -0.368 e. The van der Waals surface area contributed by atoms with Crippen LogP contribution in [0, 0.1) is 0 Å². The van der Waals surface area contributed by atoms with Crippen molar-refractivity contribution in [2.24, 2.45) is 0 Å². The summed E-state index contributed by atoms with van der Waals surface area (Å²) in [5.41, 5.74) is 2.68. The lowest BCUT2D eigenvalue weighted by Gasteiger charge is -2.04. The maximum absolute atomic E-state index is 8.54. The normalized spacial score (nSPS) is 10.4. The summed E-state index contributed by atoms with van der Waals surface area (Å²) in [6.07, 6.45) is 1.17. The summed E-state index contributed by atoms with van der Waals surface area (Å²) in [6.45, 7) is 6.23. The van der Waals surface area contributed by atoms with E-state index in [4.69, 9.17) is 10.2 Å². The number of allylic oxidation sites excluding steroid dienone is 2. The first kappa shape index (κ1) is 10.7. The Morgan fingerprint density at radius 1 is 1.18 bits per heavy atom. The Hall–Kier alpha value is -0.340. The SMILES string of the molecule is CC(C)=C(C)CCCC(O)O. The van der Waals surface area contributed by atoms with Crippen molar-refractivity contribution in [3.8, 4) is 0 Å². The van der Waals surface area contributed by atoms with Gasteiger partial charge in [0.1, 0.15) is 0 Å². The third-order valence-corrected chi connectivity index (χ3v) is 1.87. The molecule has 0 bridgehead atoms. The molecule has 0 fully saturated rings. The van der Waals surface area contributed by atoms with Gasteiger partial charge in [0, 0.05) is 0 Å². The Morgan fingerprint density at radius 3 is 2.09 bits per heavy atom. The van der Waals surface area contributed by atoms with Crippen LogP contribution in [0.3, 0.4) is 0 Å². The molecule has 0 saturated heterocycles. The van der Waals surface area contributed by atoms with Gasteiger partial charge in [-0.2, -0.15) is 0 Å². The van der Waals surface area contributed by atoms with Gasteiger partial charge in [-0.15, -0.1) is 0 Å². The number of aliphatic hydroxyl groups excluding tert-OH is 1. The van der Waals surface area contributed by atoms with Gasteiger partial charge in [0.2, 0.25) is 0 Å². The van der Waals surface area contributed by atoms with Crippen molar-refractivity contribution in [3.63, 3.8) is 0 Å². The molecule has 0 aromatic heterocycles. The molecule has 0 aliphatic carbocycles. The zero-order chi connectivity index (χ0) is 8.85. The summed E-state index contributed by atoms with van der Waals surface area (Å²) in [4.78, 5) is 0. The number of rotatable bonds is 4. The molecule has 0 heterocycles. The number of hydrogen-bond acceptors (Lipinski definition) is 2. The first-order valence-electron chi connectivity index (χ1n) is 4.03. The second kappa shape index (κ2) is 5.33. The molecule has 0 rings (SSSR count). The Labute approximate surface area is 68.6 Å². The summed E-state index contributed by atoms with van der Waals surface area (Å²) in [7, 11) is 0. The molecule has 0 unspecified atom stereocenters. The first-order chi connectivity index (χ1) is 5.04. The fourth-order valence-corrected chi connectivity index (χ4v) is 0.800. The molecule has 0 spiro atoms. The highest BCUT2D eigenvalue weighted by molar-refractivity contribution is 5.06. The van der Waals surface area contributed by atoms with Gasteiger partial charge in [0.25, 0.3) is 0 Å². The molecule has 66 valence electrons. The molecule has 2 N–H and O–H groups in total. The van der Waals surface area contributed by atoms with Crippen molar-refractivity contribution < 1.29 is 10.2 Å². The van der Waals surface area contributed by atoms with E-state index in [-0.39, 0.29) is 0 Å². The fraction of sp³-hybridized carbons (Fsp3) is 0.778. The highest BCUT2D eigenvalue weighted by Crippen LogP contribution is 2.11. The Bertz CT molecular complexity index is 132. The van der Waals surface area contributed by atoms with Crippen LogP contribution >= 0.6 is 0 Å². The van der Waals surface area contributed by atoms with E-state index in [2.05, 4.69) is 20.8 Å². The van der Waals surface area contributed by atoms with Gasteiger partial charge < -0.3 is 10.2 Å². The van der Waals surface area contributed by atoms with Crippen molar-refractivity contribution in [2.45, 2.75) is 46.3 Å². The van der Waals surface area contributed by atoms with Gasteiger partial charge in [-0.05, 0) is 40.0 Å². The molecule has 0 saturated carbocycles. The second-order valence-corrected chi connectivity index (χ2v) is 3.15. The van der Waals surface area contributed by atoms with E-state index in [1.54, 1.807) is 0 Å². The predicted octanol–water partition coefficient (Wildman–Crippen LogP) is 1.82. The van der Waals surface area contributed by atoms with E-state index in [0.29, 0.717) is 6.42 Å². The van der Waals surface area contributed by atoms with Crippen LogP contribution in [0.25, 0.3) is 0 Å². The van der Waals surface area contributed by atoms with Crippen LogP contribution < -0.4 is 0 Å². The molecule has 0 aliphatic rings. The number of aliphatic hydroxyl groups is 2. The van der Waals surface area contributed by atoms with Crippen molar-refractivity contribution in [2.75, 3.05) is 0 Å². The molecule has 11 heavy (non-hydrogen) atoms. The second-order valence-electron chi connectivity index (χ2n) is 3.15. The zero-order valence-corrected chi connectivity index (χ0v) is 7.59. The minimum atomic E-state index is -1.14. The summed E-state index contributed by atoms with van der Waals surface area (Å²) >= 11 is 0. The summed E-state index contributed by atoms with van der Waals surface area (Å²) in [6, 6.07) is 0. The van der Waals surface area contributed by atoms with Crippen LogP contribution in [-0.2, 0) is 0 Å². The Balaban J connectivity index is 3.48. The predicted molar refractivity (Wildman–Crippen MR) is 46.1 cm³/mol. The molecule has 0 atom stereocenters. The monoisotopic (exact) mass is 158 g/mol. The summed E-state index contributed by atoms with van der Waals surface area (Å²) in [5.74, 6) is 0. The highest BCUT2D eigenvalue weighted by Gasteiger charge is 1.97. The van der Waals surface area contributed by atoms with Gasteiger partial charge in [-0.25, -0.2) is 0 Å². The van der Waals surface area contributed by atoms with Gasteiger partial charge in [0.05, 0.1) is 0 Å². The van der Waals surface area contributed by atoms with Crippen molar-refractivity contribution in [3.05, 3.63) is 11.1 Å². The van der Waals surface area contributed by atoms with Crippen molar-refractivity contribution >= 4 is 0 Å². The van der Waals surface area contributed by atoms with Crippen LogP contribution in [-0.4, -0.2) is 16.5 Å². The molecule has 0 amide bonds. The lowest BCUT2D eigenvalue weighted by molar-refractivity contribution is -0.0461. The van der Waals surface area contributed by atoms with E-state index >= 15 is 0 Å². The first-order valence-corrected chi connectivity index (χ1v) is 4.03. The van der Waals surface area contributed by atoms with Crippen molar-refractivity contribution in [1.82, 2.24) is 0 Å². The molecule has 0 radical (unpaired) electrons. The zero-order valence-electron chi connectivity index (χ0n) is 7.59. The lowest BCUT2D eigenvalue weighted by Crippen LogP contribution is -2.03. The third kappa shape index (κ3) is 6.07. The number of hydrogen-bond donors (Lipinski definition) is 2. The lowest BCUT2D eigenvalue weighted by atomic mass is 10.1. The largest absolute Gasteiger partial charge is 0.368 e. The van der Waals surface area contributed by atoms with Crippen LogP contribution in [0.5, 0.6) is 0 Å². The standard InChI is InChI=1S/C9H18O2/c1-7(2)8(3)5-4-6-9(10)11/h9-11H,4-6H2,1-3H3. The average Bonchev–Trinajstić information content (AvgIpc) is 1.86. The van der Waals surface area contributed by atoms with Crippen LogP contribution in [0.4, 0.5) is 0 Å². The molecule has 2 nitrogen and oxygen atoms in total. The van der Waals surface area contributed by atoms with Gasteiger partial charge in [-0.3, -0.25) is 0 Å².